The van der Waals surface area contributed by atoms with Gasteiger partial charge < -0.3 is 24.4 Å². The molecule has 0 spiro atoms. The summed E-state index contributed by atoms with van der Waals surface area (Å²) in [6.45, 7) is 11.3. The van der Waals surface area contributed by atoms with Gasteiger partial charge in [0.05, 0.1) is 54.0 Å². The average molecular weight is 558 g/mol. The minimum Gasteiger partial charge on any atom is -0.497 e. The first-order valence-electron chi connectivity index (χ1n) is 14.1. The fourth-order valence-corrected chi connectivity index (χ4v) is 5.32. The lowest BCUT2D eigenvalue weighted by Crippen LogP contribution is -2.29. The normalized spacial score (nSPS) is 11.5. The van der Waals surface area contributed by atoms with E-state index in [0.717, 1.165) is 51.3 Å². The zero-order valence-electron chi connectivity index (χ0n) is 24.9. The van der Waals surface area contributed by atoms with E-state index in [0.29, 0.717) is 24.7 Å². The van der Waals surface area contributed by atoms with Crippen molar-refractivity contribution in [1.82, 2.24) is 14.5 Å². The van der Waals surface area contributed by atoms with Crippen LogP contribution in [0.5, 0.6) is 11.6 Å². The van der Waals surface area contributed by atoms with Gasteiger partial charge in [0, 0.05) is 24.5 Å². The fraction of sp³-hybridized carbons (Fsp3) is 0.364. The molecule has 0 aliphatic rings. The Morgan fingerprint density at radius 3 is 2.56 bits per heavy atom. The summed E-state index contributed by atoms with van der Waals surface area (Å²) >= 11 is 0. The lowest BCUT2D eigenvalue weighted by Gasteiger charge is -2.28. The van der Waals surface area contributed by atoms with Crippen molar-refractivity contribution in [1.29, 1.82) is 5.41 Å². The first-order valence-corrected chi connectivity index (χ1v) is 14.1. The molecule has 1 aromatic carbocycles. The van der Waals surface area contributed by atoms with Gasteiger partial charge in [0.1, 0.15) is 12.4 Å². The molecule has 0 aliphatic heterocycles. The van der Waals surface area contributed by atoms with Gasteiger partial charge in [-0.1, -0.05) is 25.1 Å². The van der Waals surface area contributed by atoms with E-state index >= 15 is 0 Å². The lowest BCUT2D eigenvalue weighted by atomic mass is 10.1. The topological polar surface area (TPSA) is 76.3 Å². The van der Waals surface area contributed by atoms with E-state index in [1.807, 2.05) is 43.3 Å². The molecule has 0 unspecified atom stereocenters. The van der Waals surface area contributed by atoms with Crippen LogP contribution in [0.3, 0.4) is 0 Å². The number of alkyl halides is 1. The largest absolute Gasteiger partial charge is 0.497 e. The minimum absolute atomic E-state index is 0.193. The third-order valence-corrected chi connectivity index (χ3v) is 7.11. The summed E-state index contributed by atoms with van der Waals surface area (Å²) in [5, 5.41) is 8.67. The third-order valence-electron chi connectivity index (χ3n) is 7.11. The lowest BCUT2D eigenvalue weighted by molar-refractivity contribution is 0.328. The first-order chi connectivity index (χ1) is 19.8. The molecule has 4 aromatic rings. The monoisotopic (exact) mass is 557 g/mol. The highest BCUT2D eigenvalue weighted by Gasteiger charge is 2.25. The summed E-state index contributed by atoms with van der Waals surface area (Å²) < 4.78 is 26.6. The molecule has 216 valence electrons. The molecule has 1 N–H and O–H groups in total. The molecule has 0 bridgehead atoms. The number of ether oxygens (including phenoxy) is 2. The number of halogens is 1. The maximum absolute atomic E-state index is 13.0. The summed E-state index contributed by atoms with van der Waals surface area (Å²) in [5.41, 5.74) is 8.19. The summed E-state index contributed by atoms with van der Waals surface area (Å²) in [6.07, 6.45) is 5.50. The van der Waals surface area contributed by atoms with Crippen molar-refractivity contribution in [3.8, 4) is 22.9 Å². The molecule has 4 rings (SSSR count). The summed E-state index contributed by atoms with van der Waals surface area (Å²) in [7, 11) is 1.65. The number of benzene rings is 1. The van der Waals surface area contributed by atoms with Crippen LogP contribution in [-0.4, -0.2) is 47.2 Å². The highest BCUT2D eigenvalue weighted by atomic mass is 19.1. The Labute approximate surface area is 242 Å². The number of anilines is 1. The highest BCUT2D eigenvalue weighted by molar-refractivity contribution is 6.00. The van der Waals surface area contributed by atoms with E-state index in [4.69, 9.17) is 19.9 Å². The Kier molecular flexibility index (Phi) is 9.76. The smallest absolute Gasteiger partial charge is 0.222 e. The van der Waals surface area contributed by atoms with Crippen LogP contribution < -0.4 is 14.4 Å². The maximum atomic E-state index is 13.0. The second kappa shape index (κ2) is 13.4. The van der Waals surface area contributed by atoms with Crippen LogP contribution in [0.25, 0.3) is 22.3 Å². The Hall–Kier alpha value is -4.20. The predicted octanol–water partition coefficient (Wildman–Crippen LogP) is 7.51. The van der Waals surface area contributed by atoms with Gasteiger partial charge in [-0.25, -0.2) is 14.4 Å². The molecule has 0 saturated carbocycles. The molecule has 0 atom stereocenters. The summed E-state index contributed by atoms with van der Waals surface area (Å²) in [6, 6.07) is 14.1. The van der Waals surface area contributed by atoms with Crippen molar-refractivity contribution < 1.29 is 13.9 Å². The second-order valence-corrected chi connectivity index (χ2v) is 10.2. The number of aryl methyl sites for hydroxylation is 1. The number of nitrogens with zero attached hydrogens (tertiary/aromatic N) is 4. The van der Waals surface area contributed by atoms with Gasteiger partial charge in [0.2, 0.25) is 5.88 Å². The van der Waals surface area contributed by atoms with Crippen LogP contribution in [0.2, 0.25) is 0 Å². The molecular formula is C33H40FN5O2. The molecule has 0 fully saturated rings. The fourth-order valence-electron chi connectivity index (χ4n) is 5.32. The van der Waals surface area contributed by atoms with Crippen LogP contribution >= 0.6 is 0 Å². The van der Waals surface area contributed by atoms with E-state index in [2.05, 4.69) is 48.2 Å². The zero-order valence-corrected chi connectivity index (χ0v) is 24.9. The molecule has 0 radical (unpaired) electrons. The van der Waals surface area contributed by atoms with Gasteiger partial charge in [0.25, 0.3) is 0 Å². The Balaban J connectivity index is 2.01. The molecule has 7 nitrogen and oxygen atoms in total. The molecule has 3 aromatic heterocycles. The Morgan fingerprint density at radius 2 is 1.93 bits per heavy atom. The van der Waals surface area contributed by atoms with Gasteiger partial charge in [0.15, 0.2) is 0 Å². The zero-order chi connectivity index (χ0) is 29.5. The third kappa shape index (κ3) is 6.42. The van der Waals surface area contributed by atoms with Crippen LogP contribution in [0, 0.1) is 12.3 Å². The number of rotatable bonds is 13. The van der Waals surface area contributed by atoms with E-state index in [1.165, 1.54) is 11.8 Å². The summed E-state index contributed by atoms with van der Waals surface area (Å²) in [4.78, 5) is 11.9. The number of allylic oxidation sites excluding steroid dienone is 1. The van der Waals surface area contributed by atoms with E-state index in [-0.39, 0.29) is 12.6 Å². The maximum Gasteiger partial charge on any atom is 0.222 e. The Bertz CT molecular complexity index is 1530. The van der Waals surface area contributed by atoms with Gasteiger partial charge in [-0.15, -0.1) is 0 Å². The number of nitrogens with one attached hydrogen (secondary N) is 1. The number of fused-ring (bicyclic) bond motifs is 1. The molecule has 0 aliphatic carbocycles. The number of pyridine rings is 2. The van der Waals surface area contributed by atoms with Crippen molar-refractivity contribution in [2.45, 2.75) is 53.6 Å². The average Bonchev–Trinajstić information content (AvgIpc) is 3.27. The van der Waals surface area contributed by atoms with E-state index in [9.17, 15) is 4.39 Å². The number of methoxy groups -OCH3 is 1. The number of aromatic nitrogens is 3. The molecular weight excluding hydrogens is 517 g/mol. The number of hydrogen-bond donors (Lipinski definition) is 1. The standard InChI is InChI=1S/C33H40FN5O2/c1-7-29-23(5)31-32(39(29)22(3)4)30(19-28(37-31)27-12-10-18-36-33(27)41-8-2)38(21-25(35)11-9-17-34)20-24-13-15-26(40-6)16-14-24/h9-16,18-19,22,35H,7-8,17,20-21H2,1-6H3/b11-9+,35-25?. The molecule has 0 saturated heterocycles. The van der Waals surface area contributed by atoms with Crippen molar-refractivity contribution in [3.05, 3.63) is 77.6 Å². The first kappa shape index (κ1) is 29.8. The predicted molar refractivity (Wildman–Crippen MR) is 166 cm³/mol. The van der Waals surface area contributed by atoms with Crippen molar-refractivity contribution >= 4 is 22.4 Å². The van der Waals surface area contributed by atoms with Crippen molar-refractivity contribution in [2.75, 3.05) is 31.8 Å². The van der Waals surface area contributed by atoms with Gasteiger partial charge in [-0.05, 0) is 81.7 Å². The van der Waals surface area contributed by atoms with Crippen molar-refractivity contribution in [3.63, 3.8) is 0 Å². The van der Waals surface area contributed by atoms with Crippen LogP contribution in [-0.2, 0) is 13.0 Å². The van der Waals surface area contributed by atoms with Crippen molar-refractivity contribution in [2.24, 2.45) is 0 Å². The van der Waals surface area contributed by atoms with E-state index in [1.54, 1.807) is 19.4 Å². The van der Waals surface area contributed by atoms with E-state index < -0.39 is 6.67 Å². The van der Waals surface area contributed by atoms with Gasteiger partial charge >= 0.3 is 0 Å². The number of hydrogen-bond acceptors (Lipinski definition) is 6. The molecule has 8 heteroatoms. The van der Waals surface area contributed by atoms with Crippen LogP contribution in [0.1, 0.15) is 50.6 Å². The molecule has 0 amide bonds. The highest BCUT2D eigenvalue weighted by Crippen LogP contribution is 2.39. The van der Waals surface area contributed by atoms with Crippen LogP contribution in [0.4, 0.5) is 10.1 Å². The SMILES string of the molecule is CCOc1ncccc1-c1cc(N(CC(=N)/C=C/CF)Cc2ccc(OC)cc2)c2c(n1)c(C)c(CC)n2C(C)C. The van der Waals surface area contributed by atoms with Crippen LogP contribution in [0.15, 0.2) is 60.8 Å². The minimum atomic E-state index is -0.610. The quantitative estimate of drug-likeness (QED) is 0.172. The molecule has 41 heavy (non-hydrogen) atoms. The summed E-state index contributed by atoms with van der Waals surface area (Å²) in [5.74, 6) is 1.31. The Morgan fingerprint density at radius 1 is 1.17 bits per heavy atom. The molecule has 3 heterocycles. The second-order valence-electron chi connectivity index (χ2n) is 10.2. The van der Waals surface area contributed by atoms with Gasteiger partial charge in [-0.3, -0.25) is 0 Å². The van der Waals surface area contributed by atoms with Gasteiger partial charge in [-0.2, -0.15) is 0 Å².